The zero-order valence-corrected chi connectivity index (χ0v) is 20.8. The van der Waals surface area contributed by atoms with E-state index >= 15 is 0 Å². The first kappa shape index (κ1) is 24.7. The number of H-pyrrole nitrogens is 1. The van der Waals surface area contributed by atoms with Crippen molar-refractivity contribution in [3.8, 4) is 22.8 Å². The molecule has 13 heteroatoms. The number of benzene rings is 1. The minimum Gasteiger partial charge on any atom is -0.493 e. The van der Waals surface area contributed by atoms with E-state index in [1.807, 2.05) is 0 Å². The third-order valence-corrected chi connectivity index (χ3v) is 7.03. The van der Waals surface area contributed by atoms with Crippen molar-refractivity contribution in [2.24, 2.45) is 4.99 Å². The summed E-state index contributed by atoms with van der Waals surface area (Å²) in [7, 11) is 1.48. The summed E-state index contributed by atoms with van der Waals surface area (Å²) in [6.45, 7) is 1.16. The summed E-state index contributed by atoms with van der Waals surface area (Å²) in [5.41, 5.74) is 3.31. The molecule has 0 amide bonds. The number of nitrogens with one attached hydrogen (secondary N) is 1. The number of aromatic nitrogens is 3. The lowest BCUT2D eigenvalue weighted by atomic mass is 10.0. The molecule has 0 aliphatic carbocycles. The Morgan fingerprint density at radius 1 is 1.31 bits per heavy atom. The van der Waals surface area contributed by atoms with Crippen LogP contribution >= 0.6 is 23.4 Å². The van der Waals surface area contributed by atoms with E-state index in [0.29, 0.717) is 58.4 Å². The monoisotopic (exact) mass is 537 g/mol. The molecule has 2 N–H and O–H groups in total. The molecule has 0 unspecified atom stereocenters. The number of aromatic amines is 1. The van der Waals surface area contributed by atoms with Crippen molar-refractivity contribution in [3.63, 3.8) is 0 Å². The number of aliphatic imine (C=N–C) groups is 1. The first-order valence-electron chi connectivity index (χ1n) is 11.1. The van der Waals surface area contributed by atoms with E-state index < -0.39 is 11.9 Å². The molecule has 1 aromatic carbocycles. The highest BCUT2D eigenvalue weighted by atomic mass is 35.5. The third kappa shape index (κ3) is 5.25. The Balaban J connectivity index is 1.50. The van der Waals surface area contributed by atoms with Gasteiger partial charge >= 0.3 is 5.97 Å². The van der Waals surface area contributed by atoms with Gasteiger partial charge < -0.3 is 19.6 Å². The molecule has 2 aromatic heterocycles. The van der Waals surface area contributed by atoms with Crippen molar-refractivity contribution < 1.29 is 28.2 Å². The lowest BCUT2D eigenvalue weighted by molar-refractivity contribution is -0.133. The minimum atomic E-state index is -2.67. The summed E-state index contributed by atoms with van der Waals surface area (Å²) >= 11 is 7.64. The fraction of sp³-hybridized carbons (Fsp3) is 0.391. The Kier molecular flexibility index (Phi) is 6.75. The summed E-state index contributed by atoms with van der Waals surface area (Å²) < 4.78 is 38.4. The number of carbonyl (C=O) groups is 1. The van der Waals surface area contributed by atoms with Crippen LogP contribution in [0.25, 0.3) is 22.3 Å². The molecule has 4 heterocycles. The molecule has 0 bridgehead atoms. The van der Waals surface area contributed by atoms with Crippen LogP contribution in [-0.4, -0.2) is 88.2 Å². The zero-order chi connectivity index (χ0) is 25.4. The standard InChI is InChI=1S/C23H22ClF2N5O4S/c1-34-16-7-14(24)12(6-17(16)35-5-4-31-3-2-23(25,26)11-31)20-19-13(15-9-27-15)8-28-21(19)30-22(29-20)36-10-18(32)33/h6-8H,2-5,9-11H2,1H3,(H,32,33)(H,28,29,30). The zero-order valence-electron chi connectivity index (χ0n) is 19.2. The summed E-state index contributed by atoms with van der Waals surface area (Å²) in [5.74, 6) is -3.08. The number of likely N-dealkylation sites (tertiary alicyclic amines) is 1. The molecular formula is C23H22ClF2N5O4S. The number of carboxylic acid groups (broad SMARTS) is 1. The van der Waals surface area contributed by atoms with E-state index in [-0.39, 0.29) is 30.5 Å². The maximum atomic E-state index is 13.5. The smallest absolute Gasteiger partial charge is 0.313 e. The molecule has 0 spiro atoms. The van der Waals surface area contributed by atoms with Gasteiger partial charge in [0.25, 0.3) is 5.92 Å². The maximum Gasteiger partial charge on any atom is 0.313 e. The van der Waals surface area contributed by atoms with Gasteiger partial charge in [0.2, 0.25) is 0 Å². The van der Waals surface area contributed by atoms with Crippen molar-refractivity contribution in [1.29, 1.82) is 0 Å². The van der Waals surface area contributed by atoms with Gasteiger partial charge in [0, 0.05) is 42.9 Å². The summed E-state index contributed by atoms with van der Waals surface area (Å²) in [6.07, 6.45) is 1.64. The molecule has 36 heavy (non-hydrogen) atoms. The van der Waals surface area contributed by atoms with Gasteiger partial charge in [-0.3, -0.25) is 14.7 Å². The highest BCUT2D eigenvalue weighted by Gasteiger charge is 2.37. The molecule has 0 saturated carbocycles. The summed E-state index contributed by atoms with van der Waals surface area (Å²) in [4.78, 5) is 29.3. The fourth-order valence-corrected chi connectivity index (χ4v) is 4.91. The van der Waals surface area contributed by atoms with E-state index in [9.17, 15) is 13.6 Å². The third-order valence-electron chi connectivity index (χ3n) is 5.89. The summed E-state index contributed by atoms with van der Waals surface area (Å²) in [6, 6.07) is 3.30. The molecule has 9 nitrogen and oxygen atoms in total. The average Bonchev–Trinajstić information content (AvgIpc) is 3.50. The lowest BCUT2D eigenvalue weighted by Gasteiger charge is -2.18. The molecule has 2 aliphatic heterocycles. The van der Waals surface area contributed by atoms with Gasteiger partial charge in [-0.1, -0.05) is 23.4 Å². The number of thioether (sulfide) groups is 1. The quantitative estimate of drug-likeness (QED) is 0.295. The number of rotatable bonds is 10. The number of halogens is 3. The molecule has 1 saturated heterocycles. The second-order valence-corrected chi connectivity index (χ2v) is 9.79. The minimum absolute atomic E-state index is 0.155. The van der Waals surface area contributed by atoms with Crippen molar-refractivity contribution in [2.45, 2.75) is 17.5 Å². The molecule has 0 atom stereocenters. The molecule has 3 aromatic rings. The first-order valence-corrected chi connectivity index (χ1v) is 12.5. The van der Waals surface area contributed by atoms with Gasteiger partial charge in [-0.15, -0.1) is 0 Å². The van der Waals surface area contributed by atoms with E-state index in [2.05, 4.69) is 19.9 Å². The van der Waals surface area contributed by atoms with Gasteiger partial charge in [-0.05, 0) is 6.07 Å². The van der Waals surface area contributed by atoms with Crippen LogP contribution in [0.5, 0.6) is 11.5 Å². The molecule has 190 valence electrons. The molecule has 5 rings (SSSR count). The van der Waals surface area contributed by atoms with Crippen molar-refractivity contribution >= 4 is 46.1 Å². The Labute approximate surface area is 213 Å². The Morgan fingerprint density at radius 3 is 2.78 bits per heavy atom. The second-order valence-electron chi connectivity index (χ2n) is 8.44. The van der Waals surface area contributed by atoms with Gasteiger partial charge in [0.1, 0.15) is 12.3 Å². The number of carboxylic acids is 1. The summed E-state index contributed by atoms with van der Waals surface area (Å²) in [5, 5.41) is 10.4. The number of fused-ring (bicyclic) bond motifs is 1. The van der Waals surface area contributed by atoms with Gasteiger partial charge in [0.05, 0.1) is 47.8 Å². The average molecular weight is 538 g/mol. The van der Waals surface area contributed by atoms with Crippen LogP contribution in [0.15, 0.2) is 28.5 Å². The number of aliphatic carboxylic acids is 1. The molecular weight excluding hydrogens is 516 g/mol. The van der Waals surface area contributed by atoms with Crippen LogP contribution in [0.3, 0.4) is 0 Å². The van der Waals surface area contributed by atoms with Crippen LogP contribution in [0, 0.1) is 0 Å². The van der Waals surface area contributed by atoms with E-state index in [0.717, 1.165) is 23.0 Å². The Hall–Kier alpha value is -2.96. The van der Waals surface area contributed by atoms with Crippen LogP contribution in [0.2, 0.25) is 5.02 Å². The normalized spacial score (nSPS) is 16.8. The predicted octanol–water partition coefficient (Wildman–Crippen LogP) is 3.99. The lowest BCUT2D eigenvalue weighted by Crippen LogP contribution is -2.29. The number of alkyl halides is 2. The van der Waals surface area contributed by atoms with Crippen LogP contribution in [0.4, 0.5) is 8.78 Å². The predicted molar refractivity (Wildman–Crippen MR) is 132 cm³/mol. The number of methoxy groups -OCH3 is 1. The highest BCUT2D eigenvalue weighted by molar-refractivity contribution is 7.99. The van der Waals surface area contributed by atoms with Crippen LogP contribution in [-0.2, 0) is 4.79 Å². The van der Waals surface area contributed by atoms with Crippen LogP contribution < -0.4 is 9.47 Å². The second kappa shape index (κ2) is 9.83. The number of ether oxygens (including phenoxy) is 2. The maximum absolute atomic E-state index is 13.5. The first-order chi connectivity index (χ1) is 17.2. The van der Waals surface area contributed by atoms with Gasteiger partial charge in [-0.2, -0.15) is 0 Å². The van der Waals surface area contributed by atoms with Gasteiger partial charge in [-0.25, -0.2) is 18.7 Å². The van der Waals surface area contributed by atoms with E-state index in [1.54, 1.807) is 23.2 Å². The van der Waals surface area contributed by atoms with Crippen molar-refractivity contribution in [3.05, 3.63) is 28.9 Å². The van der Waals surface area contributed by atoms with Crippen molar-refractivity contribution in [1.82, 2.24) is 19.9 Å². The number of hydrogen-bond acceptors (Lipinski definition) is 8. The molecule has 0 radical (unpaired) electrons. The number of nitrogens with zero attached hydrogens (tertiary/aromatic N) is 4. The highest BCUT2D eigenvalue weighted by Crippen LogP contribution is 2.41. The largest absolute Gasteiger partial charge is 0.493 e. The van der Waals surface area contributed by atoms with E-state index in [4.69, 9.17) is 26.2 Å². The SMILES string of the molecule is COc1cc(Cl)c(-c2nc(SCC(=O)O)nc3[nH]cc(C4=NC4)c23)cc1OCCN1CCC(F)(F)C1. The number of hydrogen-bond donors (Lipinski definition) is 2. The Morgan fingerprint density at radius 2 is 2.11 bits per heavy atom. The topological polar surface area (TPSA) is 113 Å². The Bertz CT molecular complexity index is 1370. The fourth-order valence-electron chi connectivity index (χ4n) is 4.11. The van der Waals surface area contributed by atoms with Gasteiger partial charge in [0.15, 0.2) is 16.7 Å². The van der Waals surface area contributed by atoms with Crippen molar-refractivity contribution in [2.75, 3.05) is 45.6 Å². The van der Waals surface area contributed by atoms with E-state index in [1.165, 1.54) is 7.11 Å². The van der Waals surface area contributed by atoms with Crippen LogP contribution in [0.1, 0.15) is 12.0 Å². The molecule has 1 fully saturated rings. The molecule has 2 aliphatic rings.